The van der Waals surface area contributed by atoms with Gasteiger partial charge in [-0.15, -0.1) is 22.7 Å². The Labute approximate surface area is 149 Å². The third-order valence-corrected chi connectivity index (χ3v) is 7.12. The smallest absolute Gasteiger partial charge is 0.348 e. The molecule has 0 unspecified atom stereocenters. The molecule has 0 atom stereocenters. The quantitative estimate of drug-likeness (QED) is 0.261. The summed E-state index contributed by atoms with van der Waals surface area (Å²) in [6, 6.07) is 16.1. The zero-order valence-corrected chi connectivity index (χ0v) is 14.3. The number of fused-ring (bicyclic) bond motifs is 10. The van der Waals surface area contributed by atoms with Crippen molar-refractivity contribution in [3.05, 3.63) is 59.7 Å². The van der Waals surface area contributed by atoms with Gasteiger partial charge in [0.25, 0.3) is 0 Å². The van der Waals surface area contributed by atoms with E-state index in [1.807, 2.05) is 36.4 Å². The van der Waals surface area contributed by atoms with Crippen molar-refractivity contribution in [2.24, 2.45) is 0 Å². The van der Waals surface area contributed by atoms with Crippen LogP contribution < -0.4 is 0 Å². The molecule has 0 fully saturated rings. The first-order valence-corrected chi connectivity index (χ1v) is 9.42. The Morgan fingerprint density at radius 3 is 1.92 bits per heavy atom. The van der Waals surface area contributed by atoms with Gasteiger partial charge in [0.15, 0.2) is 0 Å². The molecule has 1 aliphatic heterocycles. The number of thiophene rings is 2. The maximum absolute atomic E-state index is 12.5. The van der Waals surface area contributed by atoms with E-state index >= 15 is 0 Å². The molecule has 0 spiro atoms. The summed E-state index contributed by atoms with van der Waals surface area (Å²) in [6.45, 7) is 0. The van der Waals surface area contributed by atoms with E-state index in [0.29, 0.717) is 11.1 Å². The minimum absolute atomic E-state index is 0.427. The fourth-order valence-electron chi connectivity index (χ4n) is 3.74. The average Bonchev–Trinajstić information content (AvgIpc) is 3.26. The third-order valence-electron chi connectivity index (χ3n) is 4.74. The molecule has 118 valence electrons. The topological polar surface area (TPSA) is 43.4 Å². The van der Waals surface area contributed by atoms with Gasteiger partial charge in [-0.2, -0.15) is 0 Å². The largest absolute Gasteiger partial charge is 0.386 e. The summed E-state index contributed by atoms with van der Waals surface area (Å²) in [5.74, 6) is -1.07. The van der Waals surface area contributed by atoms with Gasteiger partial charge in [-0.25, -0.2) is 9.59 Å². The Morgan fingerprint density at radius 1 is 0.640 bits per heavy atom. The molecule has 0 saturated carbocycles. The van der Waals surface area contributed by atoms with Crippen LogP contribution in [0.1, 0.15) is 20.7 Å². The van der Waals surface area contributed by atoms with Crippen LogP contribution >= 0.6 is 22.7 Å². The average molecular weight is 360 g/mol. The lowest BCUT2D eigenvalue weighted by atomic mass is 9.98. The molecule has 5 aromatic rings. The van der Waals surface area contributed by atoms with E-state index in [-0.39, 0.29) is 0 Å². The molecule has 25 heavy (non-hydrogen) atoms. The van der Waals surface area contributed by atoms with Crippen molar-refractivity contribution in [2.75, 3.05) is 0 Å². The molecule has 0 N–H and O–H groups in total. The SMILES string of the molecule is O=C1OC(=O)c2c1c1sc3ccccc3c1c1sc3ccccc3c21. The highest BCUT2D eigenvalue weighted by Gasteiger charge is 2.37. The molecule has 0 radical (unpaired) electrons. The maximum Gasteiger partial charge on any atom is 0.348 e. The summed E-state index contributed by atoms with van der Waals surface area (Å²) in [5.41, 5.74) is 0.855. The van der Waals surface area contributed by atoms with Crippen molar-refractivity contribution in [3.63, 3.8) is 0 Å². The fourth-order valence-corrected chi connectivity index (χ4v) is 6.33. The summed E-state index contributed by atoms with van der Waals surface area (Å²) >= 11 is 3.22. The van der Waals surface area contributed by atoms with Gasteiger partial charge in [0.2, 0.25) is 0 Å². The Morgan fingerprint density at radius 2 is 1.20 bits per heavy atom. The predicted molar refractivity (Wildman–Crippen MR) is 102 cm³/mol. The number of hydrogen-bond acceptors (Lipinski definition) is 5. The number of carbonyl (C=O) groups excluding carboxylic acids is 2. The Balaban J connectivity index is 2.04. The van der Waals surface area contributed by atoms with E-state index in [0.717, 1.165) is 40.3 Å². The van der Waals surface area contributed by atoms with E-state index in [2.05, 4.69) is 12.1 Å². The van der Waals surface area contributed by atoms with Crippen LogP contribution in [0.25, 0.3) is 40.3 Å². The van der Waals surface area contributed by atoms with E-state index < -0.39 is 11.9 Å². The van der Waals surface area contributed by atoms with Gasteiger partial charge in [0.1, 0.15) is 0 Å². The van der Waals surface area contributed by atoms with Crippen LogP contribution in [0.2, 0.25) is 0 Å². The zero-order chi connectivity index (χ0) is 16.7. The lowest BCUT2D eigenvalue weighted by Crippen LogP contribution is -1.97. The first-order valence-electron chi connectivity index (χ1n) is 7.79. The molecular weight excluding hydrogens is 352 g/mol. The minimum Gasteiger partial charge on any atom is -0.386 e. The van der Waals surface area contributed by atoms with E-state index in [4.69, 9.17) is 4.74 Å². The van der Waals surface area contributed by atoms with Crippen molar-refractivity contribution in [1.82, 2.24) is 0 Å². The van der Waals surface area contributed by atoms with Crippen LogP contribution in [0.5, 0.6) is 0 Å². The number of benzene rings is 3. The molecule has 5 heteroatoms. The standard InChI is InChI=1S/C20H8O3S2/c21-19-15-13-9-5-1-3-7-11(9)24-17(13)14-10-6-2-4-8-12(10)25-18(14)16(15)20(22)23-19/h1-8H. The normalized spacial score (nSPS) is 14.1. The van der Waals surface area contributed by atoms with Crippen molar-refractivity contribution < 1.29 is 14.3 Å². The second-order valence-corrected chi connectivity index (χ2v) is 8.14. The fraction of sp³-hybridized carbons (Fsp3) is 0. The number of rotatable bonds is 0. The van der Waals surface area contributed by atoms with Gasteiger partial charge in [-0.05, 0) is 12.1 Å². The van der Waals surface area contributed by atoms with Gasteiger partial charge in [0.05, 0.1) is 15.8 Å². The summed E-state index contributed by atoms with van der Waals surface area (Å²) in [5, 5.41) is 4.03. The number of esters is 2. The van der Waals surface area contributed by atoms with Crippen LogP contribution in [0.3, 0.4) is 0 Å². The summed E-state index contributed by atoms with van der Waals surface area (Å²) in [7, 11) is 0. The maximum atomic E-state index is 12.5. The van der Waals surface area contributed by atoms with Gasteiger partial charge < -0.3 is 4.74 Å². The summed E-state index contributed by atoms with van der Waals surface area (Å²) in [6.07, 6.45) is 0. The van der Waals surface area contributed by atoms with E-state index in [1.165, 1.54) is 0 Å². The van der Waals surface area contributed by atoms with Gasteiger partial charge in [0, 0.05) is 35.6 Å². The lowest BCUT2D eigenvalue weighted by Gasteiger charge is -2.01. The highest BCUT2D eigenvalue weighted by atomic mass is 32.1. The zero-order valence-electron chi connectivity index (χ0n) is 12.7. The van der Waals surface area contributed by atoms with E-state index in [9.17, 15) is 9.59 Å². The number of hydrogen-bond donors (Lipinski definition) is 0. The first kappa shape index (κ1) is 13.5. The van der Waals surface area contributed by atoms with Crippen molar-refractivity contribution in [3.8, 4) is 0 Å². The molecule has 2 aromatic heterocycles. The highest BCUT2D eigenvalue weighted by molar-refractivity contribution is 7.30. The molecule has 0 bridgehead atoms. The van der Waals surface area contributed by atoms with E-state index in [1.54, 1.807) is 22.7 Å². The highest BCUT2D eigenvalue weighted by Crippen LogP contribution is 2.49. The van der Waals surface area contributed by atoms with Crippen LogP contribution in [-0.4, -0.2) is 11.9 Å². The summed E-state index contributed by atoms with van der Waals surface area (Å²) in [4.78, 5) is 24.9. The number of ether oxygens (including phenoxy) is 1. The van der Waals surface area contributed by atoms with Gasteiger partial charge in [-0.1, -0.05) is 36.4 Å². The molecule has 3 aromatic carbocycles. The van der Waals surface area contributed by atoms with Gasteiger partial charge in [-0.3, -0.25) is 0 Å². The number of carbonyl (C=O) groups is 2. The van der Waals surface area contributed by atoms with Crippen LogP contribution in [0.15, 0.2) is 48.5 Å². The van der Waals surface area contributed by atoms with Crippen molar-refractivity contribution >= 4 is 75.0 Å². The summed E-state index contributed by atoms with van der Waals surface area (Å²) < 4.78 is 9.12. The molecule has 1 aliphatic rings. The van der Waals surface area contributed by atoms with Crippen molar-refractivity contribution in [1.29, 1.82) is 0 Å². The van der Waals surface area contributed by atoms with Crippen LogP contribution in [0, 0.1) is 0 Å². The first-order chi connectivity index (χ1) is 12.2. The molecule has 3 nitrogen and oxygen atoms in total. The van der Waals surface area contributed by atoms with Crippen LogP contribution in [0.4, 0.5) is 0 Å². The minimum atomic E-state index is -0.534. The Bertz CT molecular complexity index is 1400. The number of cyclic esters (lactones) is 2. The molecule has 3 heterocycles. The molecule has 0 saturated heterocycles. The second-order valence-electron chi connectivity index (χ2n) is 6.03. The Kier molecular flexibility index (Phi) is 2.40. The second kappa shape index (κ2) is 4.45. The van der Waals surface area contributed by atoms with Crippen LogP contribution in [-0.2, 0) is 4.74 Å². The monoisotopic (exact) mass is 360 g/mol. The van der Waals surface area contributed by atoms with Crippen molar-refractivity contribution in [2.45, 2.75) is 0 Å². The lowest BCUT2D eigenvalue weighted by molar-refractivity contribution is 0.0445. The molecular formula is C20H8O3S2. The van der Waals surface area contributed by atoms with Gasteiger partial charge >= 0.3 is 11.9 Å². The molecule has 0 aliphatic carbocycles. The molecule has 6 rings (SSSR count). The Hall–Kier alpha value is -2.76. The predicted octanol–water partition coefficient (Wildman–Crippen LogP) is 5.73. The molecule has 0 amide bonds. The third kappa shape index (κ3) is 1.55.